The van der Waals surface area contributed by atoms with E-state index in [1.807, 2.05) is 41.2 Å². The predicted octanol–water partition coefficient (Wildman–Crippen LogP) is 2.62. The van der Waals surface area contributed by atoms with E-state index in [1.54, 1.807) is 6.20 Å². The lowest BCUT2D eigenvalue weighted by molar-refractivity contribution is -0.122. The molecule has 0 unspecified atom stereocenters. The molecule has 1 heterocycles. The Labute approximate surface area is 142 Å². The van der Waals surface area contributed by atoms with Crippen molar-refractivity contribution in [1.29, 1.82) is 0 Å². The number of carbonyl (C=O) groups is 1. The van der Waals surface area contributed by atoms with Crippen molar-refractivity contribution in [3.05, 3.63) is 48.3 Å². The molecule has 0 saturated heterocycles. The Morgan fingerprint density at radius 3 is 2.71 bits per heavy atom. The summed E-state index contributed by atoms with van der Waals surface area (Å²) in [5.41, 5.74) is 1.34. The summed E-state index contributed by atoms with van der Waals surface area (Å²) in [6.45, 7) is 0.370. The van der Waals surface area contributed by atoms with Crippen molar-refractivity contribution in [2.45, 2.75) is 50.5 Å². The Bertz CT molecular complexity index is 660. The number of aliphatic hydroxyl groups is 1. The zero-order valence-corrected chi connectivity index (χ0v) is 13.9. The highest BCUT2D eigenvalue weighted by Gasteiger charge is 2.29. The second kappa shape index (κ2) is 7.62. The average Bonchev–Trinajstić information content (AvgIpc) is 3.09. The number of benzene rings is 1. The highest BCUT2D eigenvalue weighted by atomic mass is 16.3. The summed E-state index contributed by atoms with van der Waals surface area (Å²) in [6, 6.07) is 9.90. The van der Waals surface area contributed by atoms with Gasteiger partial charge in [0.25, 0.3) is 0 Å². The average molecular weight is 327 g/mol. The summed E-state index contributed by atoms with van der Waals surface area (Å²) in [6.07, 6.45) is 9.67. The molecular weight excluding hydrogens is 302 g/mol. The van der Waals surface area contributed by atoms with Crippen LogP contribution >= 0.6 is 0 Å². The molecular formula is C19H25N3O2. The highest BCUT2D eigenvalue weighted by molar-refractivity contribution is 5.76. The van der Waals surface area contributed by atoms with Gasteiger partial charge in [0.05, 0.1) is 17.5 Å². The van der Waals surface area contributed by atoms with Gasteiger partial charge in [0, 0.05) is 19.2 Å². The number of para-hydroxylation sites is 1. The van der Waals surface area contributed by atoms with E-state index in [9.17, 15) is 9.90 Å². The summed E-state index contributed by atoms with van der Waals surface area (Å²) in [5.74, 6) is -0.0125. The van der Waals surface area contributed by atoms with Crippen LogP contribution in [-0.4, -0.2) is 32.9 Å². The SMILES string of the molecule is O=C(CCc1cnn(-c2ccccc2)c1)NCC1(O)CCCCC1. The van der Waals surface area contributed by atoms with Crippen molar-refractivity contribution >= 4 is 5.91 Å². The molecule has 0 aliphatic heterocycles. The summed E-state index contributed by atoms with van der Waals surface area (Å²) in [7, 11) is 0. The Kier molecular flexibility index (Phi) is 5.30. The molecule has 0 spiro atoms. The lowest BCUT2D eigenvalue weighted by Gasteiger charge is -2.32. The van der Waals surface area contributed by atoms with Gasteiger partial charge in [-0.25, -0.2) is 4.68 Å². The third-order valence-corrected chi connectivity index (χ3v) is 4.70. The Morgan fingerprint density at radius 1 is 1.21 bits per heavy atom. The molecule has 2 aromatic rings. The van der Waals surface area contributed by atoms with Crippen LogP contribution < -0.4 is 5.32 Å². The molecule has 1 aliphatic rings. The van der Waals surface area contributed by atoms with E-state index in [2.05, 4.69) is 10.4 Å². The highest BCUT2D eigenvalue weighted by Crippen LogP contribution is 2.27. The zero-order chi connectivity index (χ0) is 16.8. The first-order valence-corrected chi connectivity index (χ1v) is 8.73. The molecule has 0 atom stereocenters. The van der Waals surface area contributed by atoms with E-state index in [4.69, 9.17) is 0 Å². The molecule has 5 heteroatoms. The summed E-state index contributed by atoms with van der Waals surface area (Å²) < 4.78 is 1.82. The van der Waals surface area contributed by atoms with E-state index >= 15 is 0 Å². The molecule has 0 bridgehead atoms. The van der Waals surface area contributed by atoms with E-state index in [1.165, 1.54) is 6.42 Å². The van der Waals surface area contributed by atoms with Crippen LogP contribution in [0.5, 0.6) is 0 Å². The Morgan fingerprint density at radius 2 is 1.96 bits per heavy atom. The molecule has 1 aliphatic carbocycles. The molecule has 1 saturated carbocycles. The topological polar surface area (TPSA) is 67.2 Å². The fraction of sp³-hybridized carbons (Fsp3) is 0.474. The second-order valence-electron chi connectivity index (χ2n) is 6.69. The maximum absolute atomic E-state index is 12.0. The van der Waals surface area contributed by atoms with Gasteiger partial charge in [-0.2, -0.15) is 5.10 Å². The van der Waals surface area contributed by atoms with Gasteiger partial charge in [-0.1, -0.05) is 37.5 Å². The van der Waals surface area contributed by atoms with Gasteiger partial charge < -0.3 is 10.4 Å². The number of amides is 1. The van der Waals surface area contributed by atoms with Crippen molar-refractivity contribution in [3.8, 4) is 5.69 Å². The van der Waals surface area contributed by atoms with Gasteiger partial charge in [-0.15, -0.1) is 0 Å². The third kappa shape index (κ3) is 4.45. The van der Waals surface area contributed by atoms with Gasteiger partial charge in [0.2, 0.25) is 5.91 Å². The standard InChI is InChI=1S/C19H25N3O2/c23-18(20-15-19(24)11-5-2-6-12-19)10-9-16-13-21-22(14-16)17-7-3-1-4-8-17/h1,3-4,7-8,13-14,24H,2,5-6,9-12,15H2,(H,20,23). The van der Waals surface area contributed by atoms with Gasteiger partial charge in [0.15, 0.2) is 0 Å². The zero-order valence-electron chi connectivity index (χ0n) is 13.9. The summed E-state index contributed by atoms with van der Waals surface area (Å²) in [5, 5.41) is 17.6. The largest absolute Gasteiger partial charge is 0.388 e. The van der Waals surface area contributed by atoms with Crippen LogP contribution in [0.1, 0.15) is 44.1 Å². The Hall–Kier alpha value is -2.14. The minimum Gasteiger partial charge on any atom is -0.388 e. The normalized spacial score (nSPS) is 16.7. The lowest BCUT2D eigenvalue weighted by Crippen LogP contribution is -2.44. The van der Waals surface area contributed by atoms with Crippen molar-refractivity contribution in [2.75, 3.05) is 6.54 Å². The molecule has 0 radical (unpaired) electrons. The van der Waals surface area contributed by atoms with Crippen LogP contribution in [0.25, 0.3) is 5.69 Å². The number of aryl methyl sites for hydroxylation is 1. The molecule has 1 aromatic heterocycles. The minimum atomic E-state index is -0.702. The first-order chi connectivity index (χ1) is 11.6. The third-order valence-electron chi connectivity index (χ3n) is 4.70. The van der Waals surface area contributed by atoms with Gasteiger partial charge in [-0.05, 0) is 37.0 Å². The summed E-state index contributed by atoms with van der Waals surface area (Å²) in [4.78, 5) is 12.0. The number of hydrogen-bond donors (Lipinski definition) is 2. The fourth-order valence-electron chi connectivity index (χ4n) is 3.21. The van der Waals surface area contributed by atoms with E-state index in [0.717, 1.165) is 36.9 Å². The van der Waals surface area contributed by atoms with Crippen LogP contribution in [0.2, 0.25) is 0 Å². The van der Waals surface area contributed by atoms with Crippen molar-refractivity contribution in [3.63, 3.8) is 0 Å². The number of rotatable bonds is 6. The molecule has 5 nitrogen and oxygen atoms in total. The Balaban J connectivity index is 1.46. The predicted molar refractivity (Wildman–Crippen MR) is 92.9 cm³/mol. The van der Waals surface area contributed by atoms with E-state index in [0.29, 0.717) is 19.4 Å². The molecule has 24 heavy (non-hydrogen) atoms. The molecule has 1 aromatic carbocycles. The van der Waals surface area contributed by atoms with Crippen LogP contribution in [0.3, 0.4) is 0 Å². The van der Waals surface area contributed by atoms with Crippen molar-refractivity contribution < 1.29 is 9.90 Å². The molecule has 1 fully saturated rings. The smallest absolute Gasteiger partial charge is 0.220 e. The number of aromatic nitrogens is 2. The van der Waals surface area contributed by atoms with Crippen LogP contribution in [-0.2, 0) is 11.2 Å². The van der Waals surface area contributed by atoms with Gasteiger partial charge in [0.1, 0.15) is 0 Å². The molecule has 3 rings (SSSR count). The maximum Gasteiger partial charge on any atom is 0.220 e. The summed E-state index contributed by atoms with van der Waals surface area (Å²) >= 11 is 0. The number of hydrogen-bond acceptors (Lipinski definition) is 3. The van der Waals surface area contributed by atoms with Crippen LogP contribution in [0.4, 0.5) is 0 Å². The monoisotopic (exact) mass is 327 g/mol. The van der Waals surface area contributed by atoms with Gasteiger partial charge >= 0.3 is 0 Å². The van der Waals surface area contributed by atoms with Crippen molar-refractivity contribution in [2.24, 2.45) is 0 Å². The molecule has 2 N–H and O–H groups in total. The van der Waals surface area contributed by atoms with Crippen LogP contribution in [0.15, 0.2) is 42.7 Å². The molecule has 128 valence electrons. The van der Waals surface area contributed by atoms with E-state index in [-0.39, 0.29) is 5.91 Å². The minimum absolute atomic E-state index is 0.0125. The number of nitrogens with one attached hydrogen (secondary N) is 1. The molecule has 1 amide bonds. The fourth-order valence-corrected chi connectivity index (χ4v) is 3.21. The first-order valence-electron chi connectivity index (χ1n) is 8.73. The van der Waals surface area contributed by atoms with E-state index < -0.39 is 5.60 Å². The van der Waals surface area contributed by atoms with Crippen LogP contribution in [0, 0.1) is 0 Å². The van der Waals surface area contributed by atoms with Crippen molar-refractivity contribution in [1.82, 2.24) is 15.1 Å². The number of nitrogens with zero attached hydrogens (tertiary/aromatic N) is 2. The first kappa shape index (κ1) is 16.7. The second-order valence-corrected chi connectivity index (χ2v) is 6.69. The quantitative estimate of drug-likeness (QED) is 0.857. The van der Waals surface area contributed by atoms with Gasteiger partial charge in [-0.3, -0.25) is 4.79 Å². The maximum atomic E-state index is 12.0. The lowest BCUT2D eigenvalue weighted by atomic mass is 9.85. The number of carbonyl (C=O) groups excluding carboxylic acids is 1.